The smallest absolute Gasteiger partial charge is 0.311 e. The first-order chi connectivity index (χ1) is 10.6. The summed E-state index contributed by atoms with van der Waals surface area (Å²) in [4.78, 5) is 24.0. The second kappa shape index (κ2) is 4.79. The van der Waals surface area contributed by atoms with Crippen LogP contribution in [0.2, 0.25) is 0 Å². The fourth-order valence-electron chi connectivity index (χ4n) is 2.57. The van der Waals surface area contributed by atoms with Gasteiger partial charge in [0.15, 0.2) is 0 Å². The zero-order valence-corrected chi connectivity index (χ0v) is 13.2. The molecule has 0 unspecified atom stereocenters. The SMILES string of the molecule is O=C(NCC1(C(=O)O)CC1)c1cc2sc3ccccc3c2s1. The molecule has 1 aliphatic rings. The summed E-state index contributed by atoms with van der Waals surface area (Å²) in [6, 6.07) is 10.1. The van der Waals surface area contributed by atoms with E-state index < -0.39 is 11.4 Å². The maximum absolute atomic E-state index is 12.3. The Kier molecular flexibility index (Phi) is 2.99. The minimum absolute atomic E-state index is 0.176. The Balaban J connectivity index is 1.58. The van der Waals surface area contributed by atoms with E-state index in [1.54, 1.807) is 11.3 Å². The van der Waals surface area contributed by atoms with E-state index in [0.717, 1.165) is 9.40 Å². The lowest BCUT2D eigenvalue weighted by Gasteiger charge is -2.10. The van der Waals surface area contributed by atoms with Crippen molar-refractivity contribution in [3.8, 4) is 0 Å². The molecule has 0 spiro atoms. The van der Waals surface area contributed by atoms with Gasteiger partial charge >= 0.3 is 5.97 Å². The highest BCUT2D eigenvalue weighted by molar-refractivity contribution is 7.33. The van der Waals surface area contributed by atoms with Crippen LogP contribution in [0.4, 0.5) is 0 Å². The van der Waals surface area contributed by atoms with E-state index in [0.29, 0.717) is 17.7 Å². The molecule has 1 amide bonds. The monoisotopic (exact) mass is 331 g/mol. The molecule has 1 fully saturated rings. The summed E-state index contributed by atoms with van der Waals surface area (Å²) in [5.74, 6) is -0.990. The van der Waals surface area contributed by atoms with Crippen molar-refractivity contribution < 1.29 is 14.7 Å². The highest BCUT2D eigenvalue weighted by atomic mass is 32.1. The lowest BCUT2D eigenvalue weighted by Crippen LogP contribution is -2.33. The van der Waals surface area contributed by atoms with E-state index in [1.165, 1.54) is 21.4 Å². The van der Waals surface area contributed by atoms with Crippen molar-refractivity contribution >= 4 is 54.0 Å². The Morgan fingerprint density at radius 3 is 2.68 bits per heavy atom. The van der Waals surface area contributed by atoms with E-state index in [9.17, 15) is 9.59 Å². The second-order valence-corrected chi connectivity index (χ2v) is 7.81. The van der Waals surface area contributed by atoms with Crippen LogP contribution in [0.3, 0.4) is 0 Å². The van der Waals surface area contributed by atoms with Crippen molar-refractivity contribution in [2.75, 3.05) is 6.54 Å². The molecular weight excluding hydrogens is 318 g/mol. The average molecular weight is 331 g/mol. The van der Waals surface area contributed by atoms with Crippen LogP contribution in [-0.4, -0.2) is 23.5 Å². The molecule has 4 rings (SSSR count). The fraction of sp³-hybridized carbons (Fsp3) is 0.250. The van der Waals surface area contributed by atoms with Gasteiger partial charge in [-0.15, -0.1) is 22.7 Å². The zero-order chi connectivity index (χ0) is 15.3. The maximum atomic E-state index is 12.3. The Hall–Kier alpha value is -1.92. The molecule has 1 aliphatic carbocycles. The van der Waals surface area contributed by atoms with E-state index in [2.05, 4.69) is 17.4 Å². The molecule has 1 aromatic carbocycles. The van der Waals surface area contributed by atoms with Crippen molar-refractivity contribution in [3.05, 3.63) is 35.2 Å². The largest absolute Gasteiger partial charge is 0.481 e. The quantitative estimate of drug-likeness (QED) is 0.766. The number of benzene rings is 1. The minimum atomic E-state index is -0.814. The number of carboxylic acid groups (broad SMARTS) is 1. The zero-order valence-electron chi connectivity index (χ0n) is 11.6. The molecule has 0 atom stereocenters. The molecule has 112 valence electrons. The van der Waals surface area contributed by atoms with Crippen molar-refractivity contribution in [2.24, 2.45) is 5.41 Å². The Morgan fingerprint density at radius 1 is 1.18 bits per heavy atom. The third kappa shape index (κ3) is 2.10. The van der Waals surface area contributed by atoms with Crippen LogP contribution in [-0.2, 0) is 4.79 Å². The van der Waals surface area contributed by atoms with Crippen molar-refractivity contribution in [1.29, 1.82) is 0 Å². The lowest BCUT2D eigenvalue weighted by atomic mass is 10.1. The molecule has 4 nitrogen and oxygen atoms in total. The number of fused-ring (bicyclic) bond motifs is 3. The number of nitrogens with one attached hydrogen (secondary N) is 1. The van der Waals surface area contributed by atoms with Crippen LogP contribution in [0.5, 0.6) is 0 Å². The number of amides is 1. The third-order valence-electron chi connectivity index (χ3n) is 4.17. The van der Waals surface area contributed by atoms with Gasteiger partial charge in [0.1, 0.15) is 0 Å². The standard InChI is InChI=1S/C16H13NO3S2/c18-14(17-8-16(5-6-16)15(19)20)12-7-11-13(22-12)9-3-1-2-4-10(9)21-11/h1-4,7H,5-6,8H2,(H,17,18)(H,19,20). The molecular formula is C16H13NO3S2. The normalized spacial score (nSPS) is 16.0. The Labute approximate surface area is 134 Å². The number of hydrogen-bond donors (Lipinski definition) is 2. The molecule has 0 saturated heterocycles. The van der Waals surface area contributed by atoms with Crippen LogP contribution in [0.1, 0.15) is 22.5 Å². The van der Waals surface area contributed by atoms with Crippen LogP contribution in [0.15, 0.2) is 30.3 Å². The summed E-state index contributed by atoms with van der Waals surface area (Å²) in [6.45, 7) is 0.216. The third-order valence-corrected chi connectivity index (χ3v) is 6.58. The topological polar surface area (TPSA) is 66.4 Å². The second-order valence-electron chi connectivity index (χ2n) is 5.67. The lowest BCUT2D eigenvalue weighted by molar-refractivity contribution is -0.143. The number of hydrogen-bond acceptors (Lipinski definition) is 4. The van der Waals surface area contributed by atoms with Gasteiger partial charge in [-0.3, -0.25) is 9.59 Å². The minimum Gasteiger partial charge on any atom is -0.481 e. The molecule has 1 saturated carbocycles. The number of aliphatic carboxylic acids is 1. The first-order valence-corrected chi connectivity index (χ1v) is 8.65. The number of rotatable bonds is 4. The van der Waals surface area contributed by atoms with Gasteiger partial charge in [0.25, 0.3) is 5.91 Å². The van der Waals surface area contributed by atoms with Gasteiger partial charge in [-0.05, 0) is 25.0 Å². The van der Waals surface area contributed by atoms with Crippen LogP contribution in [0, 0.1) is 5.41 Å². The van der Waals surface area contributed by atoms with Crippen LogP contribution < -0.4 is 5.32 Å². The van der Waals surface area contributed by atoms with E-state index in [4.69, 9.17) is 5.11 Å². The van der Waals surface area contributed by atoms with Crippen molar-refractivity contribution in [3.63, 3.8) is 0 Å². The first-order valence-electron chi connectivity index (χ1n) is 7.02. The molecule has 2 N–H and O–H groups in total. The highest BCUT2D eigenvalue weighted by Gasteiger charge is 2.50. The summed E-state index contributed by atoms with van der Waals surface area (Å²) < 4.78 is 3.46. The predicted molar refractivity (Wildman–Crippen MR) is 88.8 cm³/mol. The van der Waals surface area contributed by atoms with E-state index in [1.807, 2.05) is 18.2 Å². The van der Waals surface area contributed by atoms with Gasteiger partial charge in [-0.25, -0.2) is 0 Å². The van der Waals surface area contributed by atoms with Crippen molar-refractivity contribution in [1.82, 2.24) is 5.32 Å². The number of carbonyl (C=O) groups excluding carboxylic acids is 1. The van der Waals surface area contributed by atoms with Crippen LogP contribution >= 0.6 is 22.7 Å². The molecule has 2 aromatic heterocycles. The summed E-state index contributed by atoms with van der Waals surface area (Å²) >= 11 is 3.15. The highest BCUT2D eigenvalue weighted by Crippen LogP contribution is 2.45. The van der Waals surface area contributed by atoms with E-state index in [-0.39, 0.29) is 12.5 Å². The fourth-order valence-corrected chi connectivity index (χ4v) is 5.01. The Morgan fingerprint density at radius 2 is 1.95 bits per heavy atom. The number of carboxylic acids is 1. The molecule has 3 aromatic rings. The molecule has 0 bridgehead atoms. The summed E-state index contributed by atoms with van der Waals surface area (Å²) in [7, 11) is 0. The maximum Gasteiger partial charge on any atom is 0.311 e. The predicted octanol–water partition coefficient (Wildman–Crippen LogP) is 3.71. The van der Waals surface area contributed by atoms with Gasteiger partial charge in [-0.1, -0.05) is 18.2 Å². The number of carbonyl (C=O) groups is 2. The molecule has 0 aliphatic heterocycles. The van der Waals surface area contributed by atoms with Gasteiger partial charge in [0.05, 0.1) is 15.0 Å². The van der Waals surface area contributed by atoms with Gasteiger partial charge < -0.3 is 10.4 Å². The summed E-state index contributed by atoms with van der Waals surface area (Å²) in [6.07, 6.45) is 1.29. The first kappa shape index (κ1) is 13.7. The summed E-state index contributed by atoms with van der Waals surface area (Å²) in [5.41, 5.74) is -0.725. The molecule has 6 heteroatoms. The molecule has 22 heavy (non-hydrogen) atoms. The Bertz CT molecular complexity index is 905. The summed E-state index contributed by atoms with van der Waals surface area (Å²) in [5, 5.41) is 13.1. The van der Waals surface area contributed by atoms with Crippen LogP contribution in [0.25, 0.3) is 19.5 Å². The van der Waals surface area contributed by atoms with E-state index >= 15 is 0 Å². The van der Waals surface area contributed by atoms with Crippen molar-refractivity contribution in [2.45, 2.75) is 12.8 Å². The average Bonchev–Trinajstić information content (AvgIpc) is 3.07. The number of thiophene rings is 2. The molecule has 2 heterocycles. The van der Waals surface area contributed by atoms with Gasteiger partial charge in [0, 0.05) is 21.3 Å². The van der Waals surface area contributed by atoms with Gasteiger partial charge in [0.2, 0.25) is 0 Å². The molecule has 0 radical (unpaired) electrons. The van der Waals surface area contributed by atoms with Gasteiger partial charge in [-0.2, -0.15) is 0 Å².